The van der Waals surface area contributed by atoms with Gasteiger partial charge in [-0.1, -0.05) is 139 Å². The largest absolute Gasteiger partial charge is 2.00 e. The summed E-state index contributed by atoms with van der Waals surface area (Å²) in [5.74, 6) is 0. The Morgan fingerprint density at radius 2 is 0.774 bits per heavy atom. The van der Waals surface area contributed by atoms with Gasteiger partial charge in [-0.05, 0) is 73.5 Å². The second kappa shape index (κ2) is 24.4. The molecule has 4 aromatic carbocycles. The molecule has 0 fully saturated rings. The zero-order valence-corrected chi connectivity index (χ0v) is 35.1. The Hall–Kier alpha value is -4.90. The van der Waals surface area contributed by atoms with Gasteiger partial charge in [0.2, 0.25) is 0 Å². The van der Waals surface area contributed by atoms with Crippen molar-refractivity contribution in [1.82, 2.24) is 30.4 Å². The molecule has 0 amide bonds. The number of pyridine rings is 2. The van der Waals surface area contributed by atoms with Crippen LogP contribution in [0.1, 0.15) is 11.4 Å². The zero-order valence-electron chi connectivity index (χ0n) is 30.4. The van der Waals surface area contributed by atoms with Crippen molar-refractivity contribution in [3.63, 3.8) is 0 Å². The molecule has 1 atom stereocenters. The molecule has 8 aromatic rings. The first-order chi connectivity index (χ1) is 25.6. The fourth-order valence-electron chi connectivity index (χ4n) is 4.86. The Morgan fingerprint density at radius 1 is 0.453 bits per heavy atom. The van der Waals surface area contributed by atoms with E-state index in [1.807, 2.05) is 81.2 Å². The standard InChI is InChI=1S/C13H13P.C12H10.2C9H8N3.CH5P.Os/c1-14(12-8-4-2-5-9-12)13-10-6-3-7-11-13;1-3-7-11(8-4-1)12-9-5-2-6-10-12;2*1-7-6-9(12-11-7)8-4-2-3-5-10-8;1-2;/h2-11H,1H3;1-10H;2*2-6H,1H3;2H2,1H3;/q;;2*-1;;+2/p+1. The predicted molar refractivity (Wildman–Crippen MR) is 225 cm³/mol. The van der Waals surface area contributed by atoms with E-state index in [1.54, 1.807) is 12.4 Å². The summed E-state index contributed by atoms with van der Waals surface area (Å²) < 4.78 is 0. The molecule has 1 unspecified atom stereocenters. The fraction of sp³-hybridized carbons (Fsp3) is 0.0909. The van der Waals surface area contributed by atoms with Crippen molar-refractivity contribution in [2.24, 2.45) is 0 Å². The average Bonchev–Trinajstić information content (AvgIpc) is 3.89. The van der Waals surface area contributed by atoms with Gasteiger partial charge in [-0.2, -0.15) is 0 Å². The maximum Gasteiger partial charge on any atom is 2.00 e. The molecule has 9 heteroatoms. The third-order valence-electron chi connectivity index (χ3n) is 7.47. The molecule has 0 aliphatic carbocycles. The van der Waals surface area contributed by atoms with Crippen LogP contribution in [0.5, 0.6) is 0 Å². The van der Waals surface area contributed by atoms with Crippen LogP contribution in [0, 0.1) is 13.8 Å². The van der Waals surface area contributed by atoms with Gasteiger partial charge in [0.25, 0.3) is 0 Å². The van der Waals surface area contributed by atoms with Crippen LogP contribution in [0.4, 0.5) is 0 Å². The summed E-state index contributed by atoms with van der Waals surface area (Å²) in [5.41, 5.74) is 7.83. The first kappa shape index (κ1) is 42.5. The van der Waals surface area contributed by atoms with Crippen LogP contribution < -0.4 is 20.8 Å². The molecule has 6 nitrogen and oxygen atoms in total. The van der Waals surface area contributed by atoms with Crippen LogP contribution in [-0.2, 0) is 19.8 Å². The van der Waals surface area contributed by atoms with Crippen LogP contribution in [0.25, 0.3) is 33.9 Å². The van der Waals surface area contributed by atoms with Crippen LogP contribution in [-0.4, -0.2) is 33.5 Å². The Kier molecular flexibility index (Phi) is 19.5. The van der Waals surface area contributed by atoms with Crippen LogP contribution in [0.15, 0.2) is 182 Å². The summed E-state index contributed by atoms with van der Waals surface area (Å²) >= 11 is 0. The number of nitrogens with zero attached hydrogens (tertiary/aromatic N) is 6. The minimum Gasteiger partial charge on any atom is -0.574 e. The van der Waals surface area contributed by atoms with Crippen LogP contribution in [0.3, 0.4) is 0 Å². The molecular formula is C44H45N6OsP2+. The molecule has 0 bridgehead atoms. The zero-order chi connectivity index (χ0) is 36.8. The predicted octanol–water partition coefficient (Wildman–Crippen LogP) is 9.14. The van der Waals surface area contributed by atoms with Gasteiger partial charge in [0.1, 0.15) is 0 Å². The summed E-state index contributed by atoms with van der Waals surface area (Å²) in [6.07, 6.45) is 3.50. The van der Waals surface area contributed by atoms with Gasteiger partial charge in [-0.25, -0.2) is 0 Å². The number of aromatic nitrogens is 6. The molecule has 4 aromatic heterocycles. The van der Waals surface area contributed by atoms with E-state index >= 15 is 0 Å². The molecule has 0 radical (unpaired) electrons. The van der Waals surface area contributed by atoms with Gasteiger partial charge < -0.3 is 20.4 Å². The maximum atomic E-state index is 4.16. The summed E-state index contributed by atoms with van der Waals surface area (Å²) in [7, 11) is 1.87. The average molecular weight is 910 g/mol. The van der Waals surface area contributed by atoms with E-state index in [4.69, 9.17) is 0 Å². The van der Waals surface area contributed by atoms with E-state index in [-0.39, 0.29) is 19.8 Å². The minimum absolute atomic E-state index is 0. The second-order valence-corrected chi connectivity index (χ2v) is 13.7. The van der Waals surface area contributed by atoms with Crippen LogP contribution in [0.2, 0.25) is 0 Å². The van der Waals surface area contributed by atoms with E-state index in [0.29, 0.717) is 0 Å². The third-order valence-corrected chi connectivity index (χ3v) is 9.87. The normalized spacial score (nSPS) is 9.62. The van der Waals surface area contributed by atoms with E-state index in [2.05, 4.69) is 155 Å². The third kappa shape index (κ3) is 14.6. The van der Waals surface area contributed by atoms with Crippen molar-refractivity contribution in [3.8, 4) is 33.9 Å². The molecule has 0 saturated heterocycles. The molecule has 0 saturated carbocycles. The van der Waals surface area contributed by atoms with Gasteiger partial charge in [0.15, 0.2) is 0 Å². The molecule has 0 spiro atoms. The molecule has 8 rings (SSSR count). The van der Waals surface area contributed by atoms with E-state index in [9.17, 15) is 0 Å². The summed E-state index contributed by atoms with van der Waals surface area (Å²) in [4.78, 5) is 8.32. The smallest absolute Gasteiger partial charge is 0.574 e. The maximum absolute atomic E-state index is 4.16. The molecule has 0 N–H and O–H groups in total. The quantitative estimate of drug-likeness (QED) is 0.161. The van der Waals surface area contributed by atoms with E-state index in [1.165, 1.54) is 21.7 Å². The van der Waals surface area contributed by atoms with Gasteiger partial charge >= 0.3 is 19.8 Å². The Balaban J connectivity index is 0.000000186. The molecular weight excluding hydrogens is 865 g/mol. The van der Waals surface area contributed by atoms with E-state index < -0.39 is 7.92 Å². The summed E-state index contributed by atoms with van der Waals surface area (Å²) in [6.45, 7) is 8.09. The number of benzene rings is 4. The summed E-state index contributed by atoms with van der Waals surface area (Å²) in [5, 5.41) is 18.7. The van der Waals surface area contributed by atoms with Crippen molar-refractivity contribution in [2.45, 2.75) is 13.8 Å². The van der Waals surface area contributed by atoms with Crippen molar-refractivity contribution >= 4 is 27.8 Å². The van der Waals surface area contributed by atoms with Crippen LogP contribution >= 0.6 is 17.2 Å². The number of aryl methyl sites for hydroxylation is 2. The Labute approximate surface area is 331 Å². The topological polar surface area (TPSA) is 79.8 Å². The van der Waals surface area contributed by atoms with Gasteiger partial charge in [0.05, 0.1) is 25.2 Å². The first-order valence-electron chi connectivity index (χ1n) is 17.0. The fourth-order valence-corrected chi connectivity index (χ4v) is 6.58. The monoisotopic (exact) mass is 911 g/mol. The molecule has 0 aliphatic heterocycles. The number of hydrogen-bond donors (Lipinski definition) is 0. The Morgan fingerprint density at radius 3 is 1.06 bits per heavy atom. The Bertz CT molecular complexity index is 1930. The van der Waals surface area contributed by atoms with Crippen molar-refractivity contribution in [1.29, 1.82) is 0 Å². The van der Waals surface area contributed by atoms with Crippen molar-refractivity contribution in [2.75, 3.05) is 13.3 Å². The molecule has 0 aliphatic rings. The molecule has 268 valence electrons. The number of rotatable bonds is 5. The molecule has 53 heavy (non-hydrogen) atoms. The molecule has 4 heterocycles. The number of hydrogen-bond acceptors (Lipinski definition) is 4. The SMILES string of the molecule is CP.C[PH+](c1ccccc1)c1ccccc1.Cc1cc(-c2ccccn2)[n-]n1.Cc1cc(-c2ccccn2)[n-]n1.[Os+2].c1ccc(-c2ccccc2)cc1. The van der Waals surface area contributed by atoms with Crippen molar-refractivity contribution in [3.05, 3.63) is 194 Å². The van der Waals surface area contributed by atoms with E-state index in [0.717, 1.165) is 34.2 Å². The minimum atomic E-state index is -0.545. The summed E-state index contributed by atoms with van der Waals surface area (Å²) in [6, 6.07) is 57.6. The van der Waals surface area contributed by atoms with Gasteiger partial charge in [-0.15, -0.1) is 9.24 Å². The first-order valence-corrected chi connectivity index (χ1v) is 20.1. The second-order valence-electron chi connectivity index (χ2n) is 11.3. The van der Waals surface area contributed by atoms with Crippen molar-refractivity contribution < 1.29 is 19.8 Å². The van der Waals surface area contributed by atoms with Gasteiger partial charge in [0, 0.05) is 35.2 Å². The van der Waals surface area contributed by atoms with Gasteiger partial charge in [-0.3, -0.25) is 9.97 Å².